The lowest BCUT2D eigenvalue weighted by atomic mass is 10.1. The molecule has 2 nitrogen and oxygen atoms in total. The summed E-state index contributed by atoms with van der Waals surface area (Å²) in [6, 6.07) is 12.4. The number of likely N-dealkylation sites (tertiary alicyclic amines) is 1. The summed E-state index contributed by atoms with van der Waals surface area (Å²) in [5.74, 6) is 1.15. The zero-order valence-corrected chi connectivity index (χ0v) is 17.3. The predicted octanol–water partition coefficient (Wildman–Crippen LogP) is 6.91. The first kappa shape index (κ1) is 18.9. The summed E-state index contributed by atoms with van der Waals surface area (Å²) >= 11 is 8.02. The van der Waals surface area contributed by atoms with Crippen molar-refractivity contribution in [2.24, 2.45) is 0 Å². The number of nitrogens with zero attached hydrogens (tertiary/aromatic N) is 1. The molecule has 2 heterocycles. The second-order valence-corrected chi connectivity index (χ2v) is 9.25. The predicted molar refractivity (Wildman–Crippen MR) is 118 cm³/mol. The van der Waals surface area contributed by atoms with Crippen molar-refractivity contribution in [2.75, 3.05) is 31.9 Å². The van der Waals surface area contributed by atoms with Gasteiger partial charge in [-0.05, 0) is 55.7 Å². The number of benzene rings is 2. The third-order valence-corrected chi connectivity index (χ3v) is 7.05. The molecule has 0 radical (unpaired) electrons. The van der Waals surface area contributed by atoms with Gasteiger partial charge in [0.25, 0.3) is 0 Å². The van der Waals surface area contributed by atoms with Crippen molar-refractivity contribution in [3.8, 4) is 0 Å². The Hall–Kier alpha value is -1.42. The number of halogens is 1. The molecule has 0 spiro atoms. The minimum absolute atomic E-state index is 0.713. The van der Waals surface area contributed by atoms with E-state index in [0.29, 0.717) is 5.02 Å². The maximum Gasteiger partial charge on any atom is 0.136 e. The van der Waals surface area contributed by atoms with Gasteiger partial charge in [0.1, 0.15) is 11.2 Å². The monoisotopic (exact) mass is 400 g/mol. The van der Waals surface area contributed by atoms with Gasteiger partial charge in [0.05, 0.1) is 26.2 Å². The number of rotatable bonds is 7. The lowest BCUT2D eigenvalue weighted by molar-refractivity contribution is -0.927. The quantitative estimate of drug-likeness (QED) is 0.185. The van der Waals surface area contributed by atoms with E-state index < -0.39 is 0 Å². The highest BCUT2D eigenvalue weighted by Gasteiger charge is 2.27. The Morgan fingerprint density at radius 3 is 2.56 bits per heavy atom. The maximum atomic E-state index is 6.09. The SMILES string of the molecule is C=CC[N+]1(CCCSc2ccc3c(c2)oc2cc(Cl)ccc23)CCCCC1. The first-order valence-corrected chi connectivity index (χ1v) is 11.3. The summed E-state index contributed by atoms with van der Waals surface area (Å²) in [6.07, 6.45) is 7.49. The van der Waals surface area contributed by atoms with E-state index in [-0.39, 0.29) is 0 Å². The van der Waals surface area contributed by atoms with Gasteiger partial charge in [-0.3, -0.25) is 0 Å². The average Bonchev–Trinajstić information content (AvgIpc) is 3.03. The van der Waals surface area contributed by atoms with Crippen LogP contribution in [0.2, 0.25) is 5.02 Å². The summed E-state index contributed by atoms with van der Waals surface area (Å²) < 4.78 is 7.25. The zero-order valence-electron chi connectivity index (χ0n) is 15.8. The standard InChI is InChI=1S/C23H27ClNOS/c1-2-11-25(12-4-3-5-13-25)14-6-15-27-19-8-10-21-20-9-7-18(24)16-22(20)26-23(21)17-19/h2,7-10,16-17H,1,3-6,11-15H2/q+1. The van der Waals surface area contributed by atoms with Crippen molar-refractivity contribution >= 4 is 45.3 Å². The fourth-order valence-electron chi connectivity index (χ4n) is 4.37. The van der Waals surface area contributed by atoms with Gasteiger partial charge >= 0.3 is 0 Å². The highest BCUT2D eigenvalue weighted by Crippen LogP contribution is 2.33. The molecule has 0 amide bonds. The first-order chi connectivity index (χ1) is 13.2. The van der Waals surface area contributed by atoms with Crippen molar-refractivity contribution in [3.63, 3.8) is 0 Å². The lowest BCUT2D eigenvalue weighted by Gasteiger charge is -2.41. The normalized spacial score (nSPS) is 16.8. The van der Waals surface area contributed by atoms with Crippen LogP contribution < -0.4 is 0 Å². The number of piperidine rings is 1. The van der Waals surface area contributed by atoms with E-state index in [1.54, 1.807) is 0 Å². The molecule has 1 aliphatic heterocycles. The molecule has 2 aromatic carbocycles. The molecule has 0 bridgehead atoms. The number of furan rings is 1. The zero-order chi connectivity index (χ0) is 18.7. The number of hydrogen-bond donors (Lipinski definition) is 0. The lowest BCUT2D eigenvalue weighted by Crippen LogP contribution is -2.52. The number of thioether (sulfide) groups is 1. The van der Waals surface area contributed by atoms with Crippen LogP contribution in [0.3, 0.4) is 0 Å². The number of quaternary nitrogens is 1. The Bertz CT molecular complexity index is 942. The molecular formula is C23H27ClNOS+. The smallest absolute Gasteiger partial charge is 0.136 e. The third kappa shape index (κ3) is 4.21. The van der Waals surface area contributed by atoms with Gasteiger partial charge in [0, 0.05) is 38.9 Å². The van der Waals surface area contributed by atoms with Gasteiger partial charge in [-0.15, -0.1) is 11.8 Å². The summed E-state index contributed by atoms with van der Waals surface area (Å²) in [5.41, 5.74) is 1.81. The van der Waals surface area contributed by atoms with Crippen molar-refractivity contribution in [2.45, 2.75) is 30.6 Å². The van der Waals surface area contributed by atoms with Crippen LogP contribution in [-0.4, -0.2) is 36.4 Å². The number of fused-ring (bicyclic) bond motifs is 3. The maximum absolute atomic E-state index is 6.09. The van der Waals surface area contributed by atoms with Crippen LogP contribution in [0.1, 0.15) is 25.7 Å². The molecule has 0 saturated carbocycles. The van der Waals surface area contributed by atoms with E-state index >= 15 is 0 Å². The molecule has 0 atom stereocenters. The molecule has 1 fully saturated rings. The van der Waals surface area contributed by atoms with Crippen LogP contribution in [0.5, 0.6) is 0 Å². The fourth-order valence-corrected chi connectivity index (χ4v) is 5.39. The van der Waals surface area contributed by atoms with Crippen LogP contribution in [-0.2, 0) is 0 Å². The van der Waals surface area contributed by atoms with Crippen molar-refractivity contribution < 1.29 is 8.90 Å². The van der Waals surface area contributed by atoms with Crippen LogP contribution in [0.25, 0.3) is 21.9 Å². The molecule has 142 valence electrons. The molecule has 4 rings (SSSR count). The van der Waals surface area contributed by atoms with E-state index in [1.165, 1.54) is 54.7 Å². The summed E-state index contributed by atoms with van der Waals surface area (Å²) in [7, 11) is 0. The van der Waals surface area contributed by atoms with Crippen LogP contribution in [0.4, 0.5) is 0 Å². The van der Waals surface area contributed by atoms with Crippen LogP contribution in [0, 0.1) is 0 Å². The average molecular weight is 401 g/mol. The Labute approximate surface area is 170 Å². The summed E-state index contributed by atoms with van der Waals surface area (Å²) in [4.78, 5) is 1.28. The van der Waals surface area contributed by atoms with E-state index in [9.17, 15) is 0 Å². The van der Waals surface area contributed by atoms with Gasteiger partial charge in [-0.1, -0.05) is 18.2 Å². The molecular weight excluding hydrogens is 374 g/mol. The highest BCUT2D eigenvalue weighted by atomic mass is 35.5. The molecule has 1 saturated heterocycles. The Kier molecular flexibility index (Phi) is 5.82. The molecule has 27 heavy (non-hydrogen) atoms. The van der Waals surface area contributed by atoms with Gasteiger partial charge in [-0.25, -0.2) is 0 Å². The van der Waals surface area contributed by atoms with Gasteiger partial charge in [0.2, 0.25) is 0 Å². The minimum Gasteiger partial charge on any atom is -0.456 e. The topological polar surface area (TPSA) is 13.1 Å². The number of hydrogen-bond acceptors (Lipinski definition) is 2. The molecule has 1 aromatic heterocycles. The molecule has 4 heteroatoms. The first-order valence-electron chi connectivity index (χ1n) is 9.90. The Balaban J connectivity index is 1.40. The van der Waals surface area contributed by atoms with E-state index in [4.69, 9.17) is 16.0 Å². The minimum atomic E-state index is 0.713. The van der Waals surface area contributed by atoms with Crippen LogP contribution >= 0.6 is 23.4 Å². The third-order valence-electron chi connectivity index (χ3n) is 5.73. The van der Waals surface area contributed by atoms with E-state index in [1.807, 2.05) is 30.0 Å². The fraction of sp³-hybridized carbons (Fsp3) is 0.391. The molecule has 1 aliphatic rings. The van der Waals surface area contributed by atoms with Crippen molar-refractivity contribution in [1.29, 1.82) is 0 Å². The summed E-state index contributed by atoms with van der Waals surface area (Å²) in [5, 5.41) is 3.01. The van der Waals surface area contributed by atoms with E-state index in [0.717, 1.165) is 34.2 Å². The highest BCUT2D eigenvalue weighted by molar-refractivity contribution is 7.99. The second kappa shape index (κ2) is 8.30. The molecule has 3 aromatic rings. The van der Waals surface area contributed by atoms with Crippen molar-refractivity contribution in [3.05, 3.63) is 54.1 Å². The molecule has 0 aliphatic carbocycles. The van der Waals surface area contributed by atoms with Crippen LogP contribution in [0.15, 0.2) is 58.4 Å². The van der Waals surface area contributed by atoms with Gasteiger partial charge in [-0.2, -0.15) is 0 Å². The Morgan fingerprint density at radius 2 is 1.78 bits per heavy atom. The second-order valence-electron chi connectivity index (χ2n) is 7.65. The summed E-state index contributed by atoms with van der Waals surface area (Å²) in [6.45, 7) is 9.03. The molecule has 0 N–H and O–H groups in total. The molecule has 0 unspecified atom stereocenters. The Morgan fingerprint density at radius 1 is 1.04 bits per heavy atom. The van der Waals surface area contributed by atoms with Crippen molar-refractivity contribution in [1.82, 2.24) is 0 Å². The van der Waals surface area contributed by atoms with Gasteiger partial charge < -0.3 is 8.90 Å². The van der Waals surface area contributed by atoms with Gasteiger partial charge in [0.15, 0.2) is 0 Å². The largest absolute Gasteiger partial charge is 0.456 e. The van der Waals surface area contributed by atoms with E-state index in [2.05, 4.69) is 30.9 Å².